The molecule has 0 spiro atoms. The molecular formula is C16H12O7. The Morgan fingerprint density at radius 3 is 2.70 bits per heavy atom. The summed E-state index contributed by atoms with van der Waals surface area (Å²) in [6.07, 6.45) is -1.07. The van der Waals surface area contributed by atoms with Gasteiger partial charge in [0, 0.05) is 17.7 Å². The topological polar surface area (TPSA) is 116 Å². The van der Waals surface area contributed by atoms with Crippen LogP contribution in [0.3, 0.4) is 0 Å². The van der Waals surface area contributed by atoms with E-state index in [4.69, 9.17) is 9.47 Å². The fraction of sp³-hybridized carbons (Fsp3) is 0.188. The van der Waals surface area contributed by atoms with Gasteiger partial charge in [-0.1, -0.05) is 12.1 Å². The maximum Gasteiger partial charge on any atom is 0.210 e. The lowest BCUT2D eigenvalue weighted by atomic mass is 9.77. The zero-order chi connectivity index (χ0) is 16.4. The number of carbonyl (C=O) groups is 1. The summed E-state index contributed by atoms with van der Waals surface area (Å²) in [5.74, 6) is -1.78. The van der Waals surface area contributed by atoms with Gasteiger partial charge in [-0.25, -0.2) is 0 Å². The molecule has 2 aromatic carbocycles. The quantitative estimate of drug-likeness (QED) is 0.573. The minimum absolute atomic E-state index is 0.00455. The van der Waals surface area contributed by atoms with Gasteiger partial charge in [-0.15, -0.1) is 0 Å². The van der Waals surface area contributed by atoms with Crippen molar-refractivity contribution < 1.29 is 34.7 Å². The van der Waals surface area contributed by atoms with Crippen molar-refractivity contribution in [2.75, 3.05) is 6.61 Å². The number of ether oxygens (including phenoxy) is 2. The van der Waals surface area contributed by atoms with Gasteiger partial charge in [0.05, 0.1) is 0 Å². The van der Waals surface area contributed by atoms with Crippen molar-refractivity contribution in [3.05, 3.63) is 41.5 Å². The highest BCUT2D eigenvalue weighted by molar-refractivity contribution is 6.09. The van der Waals surface area contributed by atoms with Crippen LogP contribution >= 0.6 is 0 Å². The number of phenols is 3. The Balaban J connectivity index is 1.97. The summed E-state index contributed by atoms with van der Waals surface area (Å²) in [6, 6.07) is 6.47. The second-order valence-electron chi connectivity index (χ2n) is 5.50. The number of aromatic hydroxyl groups is 3. The van der Waals surface area contributed by atoms with Crippen molar-refractivity contribution in [2.24, 2.45) is 0 Å². The predicted octanol–water partition coefficient (Wildman–Crippen LogP) is 1.03. The van der Waals surface area contributed by atoms with Crippen molar-refractivity contribution in [1.82, 2.24) is 0 Å². The highest BCUT2D eigenvalue weighted by Crippen LogP contribution is 2.50. The molecule has 0 saturated heterocycles. The molecule has 0 bridgehead atoms. The summed E-state index contributed by atoms with van der Waals surface area (Å²) in [5.41, 5.74) is -2.26. The Labute approximate surface area is 130 Å². The average Bonchev–Trinajstić information content (AvgIpc) is 2.49. The van der Waals surface area contributed by atoms with Gasteiger partial charge in [0.2, 0.25) is 5.78 Å². The molecule has 7 heteroatoms. The third kappa shape index (κ3) is 1.65. The van der Waals surface area contributed by atoms with Gasteiger partial charge in [-0.2, -0.15) is 0 Å². The summed E-state index contributed by atoms with van der Waals surface area (Å²) in [4.78, 5) is 12.9. The van der Waals surface area contributed by atoms with Crippen molar-refractivity contribution >= 4 is 5.78 Å². The molecule has 2 atom stereocenters. The number of hydrogen-bond acceptors (Lipinski definition) is 7. The van der Waals surface area contributed by atoms with Gasteiger partial charge >= 0.3 is 0 Å². The summed E-state index contributed by atoms with van der Waals surface area (Å²) >= 11 is 0. The first-order chi connectivity index (χ1) is 10.9. The van der Waals surface area contributed by atoms with E-state index in [1.165, 1.54) is 24.3 Å². The molecule has 2 aromatic rings. The largest absolute Gasteiger partial charge is 0.508 e. The maximum atomic E-state index is 12.9. The summed E-state index contributed by atoms with van der Waals surface area (Å²) < 4.78 is 11.0. The molecule has 0 saturated carbocycles. The Bertz CT molecular complexity index is 845. The standard InChI is InChI=1S/C16H12O7/c17-7-4-10(19)13-11(5-7)23-12-6-22-14-8(2-1-3-9(14)18)16(12,21)15(13)20/h1-5,12,17-19,21H,6H2/t12-,16+/m1/s1. The van der Waals surface area contributed by atoms with Gasteiger partial charge in [0.1, 0.15) is 29.4 Å². The Morgan fingerprint density at radius 1 is 1.13 bits per heavy atom. The Hall–Kier alpha value is -2.93. The molecule has 4 rings (SSSR count). The lowest BCUT2D eigenvalue weighted by molar-refractivity contribution is -0.0806. The van der Waals surface area contributed by atoms with Gasteiger partial charge in [-0.3, -0.25) is 4.79 Å². The minimum Gasteiger partial charge on any atom is -0.508 e. The van der Waals surface area contributed by atoms with Gasteiger partial charge < -0.3 is 29.9 Å². The first-order valence-electron chi connectivity index (χ1n) is 6.88. The monoisotopic (exact) mass is 316 g/mol. The van der Waals surface area contributed by atoms with E-state index < -0.39 is 23.2 Å². The summed E-state index contributed by atoms with van der Waals surface area (Å²) in [7, 11) is 0. The number of aliphatic hydroxyl groups is 1. The summed E-state index contributed by atoms with van der Waals surface area (Å²) in [6.45, 7) is -0.178. The van der Waals surface area contributed by atoms with Gasteiger partial charge in [0.15, 0.2) is 23.2 Å². The minimum atomic E-state index is -2.10. The number of benzene rings is 2. The number of para-hydroxylation sites is 1. The molecule has 4 N–H and O–H groups in total. The van der Waals surface area contributed by atoms with Crippen LogP contribution in [-0.2, 0) is 5.60 Å². The number of hydrogen-bond donors (Lipinski definition) is 4. The third-order valence-corrected chi connectivity index (χ3v) is 4.16. The van der Waals surface area contributed by atoms with E-state index in [9.17, 15) is 25.2 Å². The fourth-order valence-electron chi connectivity index (χ4n) is 3.07. The smallest absolute Gasteiger partial charge is 0.210 e. The van der Waals surface area contributed by atoms with Crippen LogP contribution in [0.1, 0.15) is 15.9 Å². The fourth-order valence-corrected chi connectivity index (χ4v) is 3.07. The molecule has 2 aliphatic rings. The third-order valence-electron chi connectivity index (χ3n) is 4.16. The molecule has 0 radical (unpaired) electrons. The van der Waals surface area contributed by atoms with Crippen molar-refractivity contribution in [1.29, 1.82) is 0 Å². The van der Waals surface area contributed by atoms with Crippen LogP contribution in [0.15, 0.2) is 30.3 Å². The number of rotatable bonds is 0. The SMILES string of the molecule is O=C1c2c(O)cc(O)cc2O[C@@H]2COc3c(O)cccc3[C@@]12O. The van der Waals surface area contributed by atoms with E-state index in [2.05, 4.69) is 0 Å². The summed E-state index contributed by atoms with van der Waals surface area (Å²) in [5, 5.41) is 40.4. The molecule has 2 aliphatic heterocycles. The Kier molecular flexibility index (Phi) is 2.56. The van der Waals surface area contributed by atoms with Crippen LogP contribution < -0.4 is 9.47 Å². The molecular weight excluding hydrogens is 304 g/mol. The van der Waals surface area contributed by atoms with Crippen LogP contribution in [0.25, 0.3) is 0 Å². The number of fused-ring (bicyclic) bond motifs is 4. The Morgan fingerprint density at radius 2 is 1.91 bits per heavy atom. The van der Waals surface area contributed by atoms with Gasteiger partial charge in [0.25, 0.3) is 0 Å². The molecule has 23 heavy (non-hydrogen) atoms. The number of phenolic OH excluding ortho intramolecular Hbond substituents is 3. The predicted molar refractivity (Wildman–Crippen MR) is 76.0 cm³/mol. The zero-order valence-corrected chi connectivity index (χ0v) is 11.7. The molecule has 0 aliphatic carbocycles. The van der Waals surface area contributed by atoms with E-state index in [0.29, 0.717) is 0 Å². The number of ketones is 1. The first kappa shape index (κ1) is 13.7. The molecule has 118 valence electrons. The van der Waals surface area contributed by atoms with Gasteiger partial charge in [-0.05, 0) is 6.07 Å². The van der Waals surface area contributed by atoms with Crippen molar-refractivity contribution in [2.45, 2.75) is 11.7 Å². The van der Waals surface area contributed by atoms with E-state index in [0.717, 1.165) is 6.07 Å². The van der Waals surface area contributed by atoms with Crippen LogP contribution in [0.4, 0.5) is 0 Å². The second kappa shape index (κ2) is 4.30. The average molecular weight is 316 g/mol. The number of Topliss-reactive ketones (excluding diaryl/α,β-unsaturated/α-hetero) is 1. The molecule has 0 unspecified atom stereocenters. The lowest BCUT2D eigenvalue weighted by Crippen LogP contribution is -2.57. The maximum absolute atomic E-state index is 12.9. The lowest BCUT2D eigenvalue weighted by Gasteiger charge is -2.43. The molecule has 0 amide bonds. The second-order valence-corrected chi connectivity index (χ2v) is 5.50. The highest BCUT2D eigenvalue weighted by Gasteiger charge is 2.56. The molecule has 2 heterocycles. The molecule has 0 aromatic heterocycles. The van der Waals surface area contributed by atoms with Crippen LogP contribution in [0, 0.1) is 0 Å². The van der Waals surface area contributed by atoms with Crippen molar-refractivity contribution in [3.8, 4) is 28.7 Å². The van der Waals surface area contributed by atoms with E-state index in [1.807, 2.05) is 0 Å². The highest BCUT2D eigenvalue weighted by atomic mass is 16.6. The molecule has 7 nitrogen and oxygen atoms in total. The van der Waals surface area contributed by atoms with E-state index in [1.54, 1.807) is 0 Å². The van der Waals surface area contributed by atoms with Crippen LogP contribution in [0.2, 0.25) is 0 Å². The van der Waals surface area contributed by atoms with E-state index in [-0.39, 0.29) is 40.7 Å². The van der Waals surface area contributed by atoms with Crippen LogP contribution in [0.5, 0.6) is 28.7 Å². The number of carbonyl (C=O) groups excluding carboxylic acids is 1. The first-order valence-corrected chi connectivity index (χ1v) is 6.88. The normalized spacial score (nSPS) is 24.7. The molecule has 0 fully saturated rings. The zero-order valence-electron chi connectivity index (χ0n) is 11.7. The van der Waals surface area contributed by atoms with E-state index >= 15 is 0 Å². The van der Waals surface area contributed by atoms with Crippen LogP contribution in [-0.4, -0.2) is 38.9 Å². The van der Waals surface area contributed by atoms with Crippen molar-refractivity contribution in [3.63, 3.8) is 0 Å².